The molecule has 1 fully saturated rings. The van der Waals surface area contributed by atoms with Gasteiger partial charge in [0.1, 0.15) is 0 Å². The summed E-state index contributed by atoms with van der Waals surface area (Å²) in [6.45, 7) is 2.07. The van der Waals surface area contributed by atoms with E-state index in [1.54, 1.807) is 0 Å². The average Bonchev–Trinajstić information content (AvgIpc) is 2.40. The quantitative estimate of drug-likeness (QED) is 0.827. The maximum atomic E-state index is 11.7. The maximum absolute atomic E-state index is 11.7. The molecule has 108 valence electrons. The summed E-state index contributed by atoms with van der Waals surface area (Å²) in [5.41, 5.74) is 6.74. The van der Waals surface area contributed by atoms with Crippen LogP contribution in [0.1, 0.15) is 43.2 Å². The molecule has 2 amide bonds. The number of carbonyl (C=O) groups excluding carboxylic acids is 2. The van der Waals surface area contributed by atoms with Crippen LogP contribution in [0.5, 0.6) is 0 Å². The van der Waals surface area contributed by atoms with Crippen LogP contribution in [0.15, 0.2) is 23.3 Å². The number of fused-ring (bicyclic) bond motifs is 2. The van der Waals surface area contributed by atoms with Crippen molar-refractivity contribution in [2.75, 3.05) is 5.32 Å². The Kier molecular flexibility index (Phi) is 2.64. The van der Waals surface area contributed by atoms with Gasteiger partial charge in [-0.05, 0) is 42.0 Å². The molecule has 0 bridgehead atoms. The topological polar surface area (TPSA) is 70.6 Å². The van der Waals surface area contributed by atoms with Crippen LogP contribution in [-0.4, -0.2) is 17.5 Å². The molecule has 3 aliphatic rings. The Morgan fingerprint density at radius 1 is 1.19 bits per heavy atom. The fourth-order valence-corrected chi connectivity index (χ4v) is 3.53. The molecule has 21 heavy (non-hydrogen) atoms. The minimum absolute atomic E-state index is 0.0496. The minimum Gasteiger partial charge on any atom is -0.326 e. The van der Waals surface area contributed by atoms with E-state index in [0.717, 1.165) is 35.4 Å². The van der Waals surface area contributed by atoms with Crippen molar-refractivity contribution in [1.82, 2.24) is 5.43 Å². The molecule has 0 saturated heterocycles. The molecule has 2 heterocycles. The van der Waals surface area contributed by atoms with Crippen molar-refractivity contribution >= 4 is 23.2 Å². The lowest BCUT2D eigenvalue weighted by atomic mass is 9.68. The van der Waals surface area contributed by atoms with E-state index in [0.29, 0.717) is 6.42 Å². The van der Waals surface area contributed by atoms with Crippen LogP contribution in [0, 0.1) is 11.8 Å². The molecule has 3 atom stereocenters. The first-order chi connectivity index (χ1) is 10.1. The van der Waals surface area contributed by atoms with Gasteiger partial charge in [-0.2, -0.15) is 5.10 Å². The molecule has 2 N–H and O–H groups in total. The Hall–Kier alpha value is -2.17. The Bertz CT molecular complexity index is 680. The third-order valence-electron chi connectivity index (χ3n) is 4.89. The number of amides is 2. The SMILES string of the molecule is CC1CC(=O)Nc2ccc(C3=NNC(=O)C4CCC34)cc21. The Labute approximate surface area is 122 Å². The summed E-state index contributed by atoms with van der Waals surface area (Å²) in [7, 11) is 0. The summed E-state index contributed by atoms with van der Waals surface area (Å²) in [6, 6.07) is 6.05. The maximum Gasteiger partial charge on any atom is 0.243 e. The number of hydrazone groups is 1. The van der Waals surface area contributed by atoms with Crippen LogP contribution in [-0.2, 0) is 9.59 Å². The highest BCUT2D eigenvalue weighted by Gasteiger charge is 2.43. The number of hydrogen-bond acceptors (Lipinski definition) is 3. The lowest BCUT2D eigenvalue weighted by Gasteiger charge is -2.39. The molecule has 1 saturated carbocycles. The molecule has 3 unspecified atom stereocenters. The lowest BCUT2D eigenvalue weighted by molar-refractivity contribution is -0.129. The monoisotopic (exact) mass is 283 g/mol. The van der Waals surface area contributed by atoms with Crippen LogP contribution in [0.3, 0.4) is 0 Å². The molecular formula is C16H17N3O2. The van der Waals surface area contributed by atoms with Gasteiger partial charge in [0.25, 0.3) is 0 Å². The second kappa shape index (κ2) is 4.41. The molecule has 0 radical (unpaired) electrons. The van der Waals surface area contributed by atoms with Gasteiger partial charge in [0.05, 0.1) is 5.71 Å². The van der Waals surface area contributed by atoms with E-state index in [-0.39, 0.29) is 29.6 Å². The van der Waals surface area contributed by atoms with Gasteiger partial charge >= 0.3 is 0 Å². The third kappa shape index (κ3) is 1.87. The van der Waals surface area contributed by atoms with E-state index in [4.69, 9.17) is 0 Å². The van der Waals surface area contributed by atoms with Crippen LogP contribution < -0.4 is 10.7 Å². The summed E-state index contributed by atoms with van der Waals surface area (Å²) in [4.78, 5) is 23.3. The number of nitrogens with one attached hydrogen (secondary N) is 2. The van der Waals surface area contributed by atoms with Crippen molar-refractivity contribution in [3.63, 3.8) is 0 Å². The minimum atomic E-state index is 0.0496. The first-order valence-electron chi connectivity index (χ1n) is 7.45. The molecule has 0 spiro atoms. The van der Waals surface area contributed by atoms with Crippen molar-refractivity contribution in [2.24, 2.45) is 16.9 Å². The standard InChI is InChI=1S/C16H17N3O2/c1-8-6-14(20)17-13-5-2-9(7-12(8)13)15-10-3-4-11(10)16(21)19-18-15/h2,5,7-8,10-11H,3-4,6H2,1H3,(H,17,20)(H,19,21). The number of carbonyl (C=O) groups is 2. The number of rotatable bonds is 1. The zero-order chi connectivity index (χ0) is 14.6. The van der Waals surface area contributed by atoms with E-state index < -0.39 is 0 Å². The zero-order valence-electron chi connectivity index (χ0n) is 11.8. The van der Waals surface area contributed by atoms with Crippen molar-refractivity contribution in [1.29, 1.82) is 0 Å². The molecule has 4 rings (SSSR count). The van der Waals surface area contributed by atoms with Gasteiger partial charge < -0.3 is 5.32 Å². The predicted molar refractivity (Wildman–Crippen MR) is 79.0 cm³/mol. The lowest BCUT2D eigenvalue weighted by Crippen LogP contribution is -2.47. The highest BCUT2D eigenvalue weighted by Crippen LogP contribution is 2.40. The largest absolute Gasteiger partial charge is 0.326 e. The van der Waals surface area contributed by atoms with Crippen LogP contribution in [0.2, 0.25) is 0 Å². The number of hydrogen-bond donors (Lipinski definition) is 2. The van der Waals surface area contributed by atoms with Crippen molar-refractivity contribution in [3.05, 3.63) is 29.3 Å². The van der Waals surface area contributed by atoms with Crippen LogP contribution >= 0.6 is 0 Å². The summed E-state index contributed by atoms with van der Waals surface area (Å²) in [6.07, 6.45) is 2.50. The smallest absolute Gasteiger partial charge is 0.243 e. The van der Waals surface area contributed by atoms with E-state index in [1.807, 2.05) is 12.1 Å². The molecule has 1 aromatic carbocycles. The van der Waals surface area contributed by atoms with Crippen molar-refractivity contribution < 1.29 is 9.59 Å². The van der Waals surface area contributed by atoms with Gasteiger partial charge in [-0.3, -0.25) is 9.59 Å². The summed E-state index contributed by atoms with van der Waals surface area (Å²) in [5.74, 6) is 0.679. The Morgan fingerprint density at radius 3 is 2.76 bits per heavy atom. The molecule has 1 aliphatic carbocycles. The van der Waals surface area contributed by atoms with Gasteiger partial charge in [-0.1, -0.05) is 13.0 Å². The molecular weight excluding hydrogens is 266 g/mol. The second-order valence-corrected chi connectivity index (χ2v) is 6.22. The van der Waals surface area contributed by atoms with Gasteiger partial charge in [-0.15, -0.1) is 0 Å². The first kappa shape index (κ1) is 12.6. The molecule has 2 aliphatic heterocycles. The molecule has 5 heteroatoms. The van der Waals surface area contributed by atoms with E-state index >= 15 is 0 Å². The summed E-state index contributed by atoms with van der Waals surface area (Å²) in [5, 5.41) is 7.19. The van der Waals surface area contributed by atoms with Crippen LogP contribution in [0.25, 0.3) is 0 Å². The highest BCUT2D eigenvalue weighted by atomic mass is 16.2. The molecule has 0 aromatic heterocycles. The average molecular weight is 283 g/mol. The first-order valence-corrected chi connectivity index (χ1v) is 7.45. The van der Waals surface area contributed by atoms with Gasteiger partial charge in [-0.25, -0.2) is 5.43 Å². The van der Waals surface area contributed by atoms with Gasteiger partial charge in [0, 0.05) is 23.9 Å². The van der Waals surface area contributed by atoms with E-state index in [2.05, 4.69) is 28.8 Å². The highest BCUT2D eigenvalue weighted by molar-refractivity contribution is 6.08. The zero-order valence-corrected chi connectivity index (χ0v) is 11.8. The van der Waals surface area contributed by atoms with Crippen LogP contribution in [0.4, 0.5) is 5.69 Å². The van der Waals surface area contributed by atoms with Crippen molar-refractivity contribution in [3.8, 4) is 0 Å². The van der Waals surface area contributed by atoms with Gasteiger partial charge in [0.2, 0.25) is 11.8 Å². The Balaban J connectivity index is 1.72. The normalized spacial score (nSPS) is 30.3. The van der Waals surface area contributed by atoms with Gasteiger partial charge in [0.15, 0.2) is 0 Å². The van der Waals surface area contributed by atoms with Crippen molar-refractivity contribution in [2.45, 2.75) is 32.1 Å². The number of anilines is 1. The van der Waals surface area contributed by atoms with E-state index in [1.165, 1.54) is 0 Å². The fourth-order valence-electron chi connectivity index (χ4n) is 3.53. The molecule has 5 nitrogen and oxygen atoms in total. The summed E-state index contributed by atoms with van der Waals surface area (Å²) >= 11 is 0. The third-order valence-corrected chi connectivity index (χ3v) is 4.89. The fraction of sp³-hybridized carbons (Fsp3) is 0.438. The predicted octanol–water partition coefficient (Wildman–Crippen LogP) is 1.99. The Morgan fingerprint density at radius 2 is 2.00 bits per heavy atom. The second-order valence-electron chi connectivity index (χ2n) is 6.22. The van der Waals surface area contributed by atoms with E-state index in [9.17, 15) is 9.59 Å². The number of benzene rings is 1. The molecule has 1 aromatic rings. The number of nitrogens with zero attached hydrogens (tertiary/aromatic N) is 1. The summed E-state index contributed by atoms with van der Waals surface area (Å²) < 4.78 is 0.